The van der Waals surface area contributed by atoms with Crippen molar-refractivity contribution in [3.63, 3.8) is 0 Å². The Balaban J connectivity index is 2.10. The van der Waals surface area contributed by atoms with E-state index < -0.39 is 11.5 Å². The average molecular weight is 359 g/mol. The molecule has 0 saturated carbocycles. The number of ether oxygens (including phenoxy) is 1. The maximum absolute atomic E-state index is 12.4. The van der Waals surface area contributed by atoms with Gasteiger partial charge >= 0.3 is 5.97 Å². The van der Waals surface area contributed by atoms with Crippen LogP contribution in [0.3, 0.4) is 0 Å². The van der Waals surface area contributed by atoms with Gasteiger partial charge in [-0.1, -0.05) is 29.3 Å². The minimum Gasteiger partial charge on any atom is -0.467 e. The number of benzene rings is 1. The van der Waals surface area contributed by atoms with E-state index in [1.807, 2.05) is 7.05 Å². The van der Waals surface area contributed by atoms with Crippen LogP contribution in [-0.2, 0) is 20.7 Å². The Morgan fingerprint density at radius 2 is 1.96 bits per heavy atom. The standard InChI is InChI=1S/C16H20Cl2N2O3/c1-20-7-5-16(6-8-20,15(22)23-2)19-14(21)9-11-3-4-12(17)10-13(11)18/h3-4,10H,5-9H2,1-2H3,(H,19,21). The highest BCUT2D eigenvalue weighted by molar-refractivity contribution is 6.35. The van der Waals surface area contributed by atoms with E-state index in [0.29, 0.717) is 28.5 Å². The average Bonchev–Trinajstić information content (AvgIpc) is 2.52. The summed E-state index contributed by atoms with van der Waals surface area (Å²) in [7, 11) is 3.32. The largest absolute Gasteiger partial charge is 0.467 e. The topological polar surface area (TPSA) is 58.6 Å². The van der Waals surface area contributed by atoms with Crippen molar-refractivity contribution in [2.75, 3.05) is 27.2 Å². The molecule has 126 valence electrons. The Kier molecular flexibility index (Phi) is 5.89. The van der Waals surface area contributed by atoms with E-state index in [4.69, 9.17) is 27.9 Å². The summed E-state index contributed by atoms with van der Waals surface area (Å²) in [6.07, 6.45) is 1.14. The second-order valence-corrected chi connectivity index (χ2v) is 6.68. The van der Waals surface area contributed by atoms with Crippen molar-refractivity contribution in [1.82, 2.24) is 10.2 Å². The molecule has 5 nitrogen and oxygen atoms in total. The highest BCUT2D eigenvalue weighted by atomic mass is 35.5. The SMILES string of the molecule is COC(=O)C1(NC(=O)Cc2ccc(Cl)cc2Cl)CCN(C)CC1. The van der Waals surface area contributed by atoms with Gasteiger partial charge < -0.3 is 15.0 Å². The zero-order chi connectivity index (χ0) is 17.0. The van der Waals surface area contributed by atoms with Crippen LogP contribution in [0, 0.1) is 0 Å². The van der Waals surface area contributed by atoms with Crippen LogP contribution in [0.15, 0.2) is 18.2 Å². The Labute approximate surface area is 145 Å². The third-order valence-electron chi connectivity index (χ3n) is 4.16. The Bertz CT molecular complexity index is 599. The third kappa shape index (κ3) is 4.37. The van der Waals surface area contributed by atoms with E-state index in [-0.39, 0.29) is 12.3 Å². The molecule has 0 aliphatic carbocycles. The smallest absolute Gasteiger partial charge is 0.331 e. The number of amides is 1. The molecule has 7 heteroatoms. The number of nitrogens with zero attached hydrogens (tertiary/aromatic N) is 1. The maximum atomic E-state index is 12.4. The normalized spacial score (nSPS) is 17.6. The van der Waals surface area contributed by atoms with Gasteiger partial charge in [-0.3, -0.25) is 4.79 Å². The minimum absolute atomic E-state index is 0.0879. The summed E-state index contributed by atoms with van der Waals surface area (Å²) in [6.45, 7) is 1.44. The van der Waals surface area contributed by atoms with Crippen LogP contribution in [0.5, 0.6) is 0 Å². The van der Waals surface area contributed by atoms with Gasteiger partial charge in [-0.2, -0.15) is 0 Å². The fourth-order valence-electron chi connectivity index (χ4n) is 2.72. The van der Waals surface area contributed by atoms with Gasteiger partial charge in [0.2, 0.25) is 5.91 Å². The van der Waals surface area contributed by atoms with Crippen molar-refractivity contribution in [1.29, 1.82) is 0 Å². The summed E-state index contributed by atoms with van der Waals surface area (Å²) < 4.78 is 4.90. The summed E-state index contributed by atoms with van der Waals surface area (Å²) >= 11 is 12.0. The third-order valence-corrected chi connectivity index (χ3v) is 4.75. The molecule has 1 fully saturated rings. The van der Waals surface area contributed by atoms with E-state index >= 15 is 0 Å². The zero-order valence-corrected chi connectivity index (χ0v) is 14.7. The van der Waals surface area contributed by atoms with E-state index in [0.717, 1.165) is 13.1 Å². The van der Waals surface area contributed by atoms with Gasteiger partial charge in [-0.25, -0.2) is 4.79 Å². The molecule has 0 spiro atoms. The van der Waals surface area contributed by atoms with E-state index in [2.05, 4.69) is 10.2 Å². The zero-order valence-electron chi connectivity index (χ0n) is 13.2. The molecule has 2 rings (SSSR count). The number of nitrogens with one attached hydrogen (secondary N) is 1. The molecule has 1 N–H and O–H groups in total. The number of methoxy groups -OCH3 is 1. The van der Waals surface area contributed by atoms with Gasteiger partial charge in [-0.05, 0) is 37.6 Å². The summed E-state index contributed by atoms with van der Waals surface area (Å²) in [5.74, 6) is -0.662. The van der Waals surface area contributed by atoms with Crippen LogP contribution in [0.1, 0.15) is 18.4 Å². The van der Waals surface area contributed by atoms with Gasteiger partial charge in [0.05, 0.1) is 13.5 Å². The lowest BCUT2D eigenvalue weighted by Crippen LogP contribution is -2.60. The molecule has 0 aromatic heterocycles. The van der Waals surface area contributed by atoms with Crippen molar-refractivity contribution < 1.29 is 14.3 Å². The Morgan fingerprint density at radius 3 is 2.52 bits per heavy atom. The molecule has 1 saturated heterocycles. The van der Waals surface area contributed by atoms with Crippen LogP contribution in [0.4, 0.5) is 0 Å². The van der Waals surface area contributed by atoms with Crippen LogP contribution < -0.4 is 5.32 Å². The highest BCUT2D eigenvalue weighted by Gasteiger charge is 2.43. The number of hydrogen-bond donors (Lipinski definition) is 1. The van der Waals surface area contributed by atoms with Crippen LogP contribution >= 0.6 is 23.2 Å². The molecule has 1 heterocycles. The molecule has 23 heavy (non-hydrogen) atoms. The lowest BCUT2D eigenvalue weighted by Gasteiger charge is -2.38. The fourth-order valence-corrected chi connectivity index (χ4v) is 3.20. The first-order chi connectivity index (χ1) is 10.9. The van der Waals surface area contributed by atoms with E-state index in [1.54, 1.807) is 18.2 Å². The molecule has 1 aromatic carbocycles. The van der Waals surface area contributed by atoms with Crippen molar-refractivity contribution in [2.24, 2.45) is 0 Å². The lowest BCUT2D eigenvalue weighted by atomic mass is 9.87. The van der Waals surface area contributed by atoms with Crippen LogP contribution in [0.25, 0.3) is 0 Å². The van der Waals surface area contributed by atoms with Gasteiger partial charge in [0.15, 0.2) is 0 Å². The molecule has 1 aromatic rings. The number of halogens is 2. The second-order valence-electron chi connectivity index (χ2n) is 5.84. The summed E-state index contributed by atoms with van der Waals surface area (Å²) in [6, 6.07) is 4.99. The number of likely N-dealkylation sites (tertiary alicyclic amines) is 1. The lowest BCUT2D eigenvalue weighted by molar-refractivity contribution is -0.153. The number of carbonyl (C=O) groups excluding carboxylic acids is 2. The molecule has 1 aliphatic heterocycles. The maximum Gasteiger partial charge on any atom is 0.331 e. The number of rotatable bonds is 4. The van der Waals surface area contributed by atoms with E-state index in [1.165, 1.54) is 7.11 Å². The molecule has 0 unspecified atom stereocenters. The minimum atomic E-state index is -0.961. The summed E-state index contributed by atoms with van der Waals surface area (Å²) in [5, 5.41) is 3.81. The van der Waals surface area contributed by atoms with Crippen LogP contribution in [0.2, 0.25) is 10.0 Å². The number of carbonyl (C=O) groups is 2. The molecule has 0 atom stereocenters. The molecular formula is C16H20Cl2N2O3. The van der Waals surface area contributed by atoms with Gasteiger partial charge in [0.1, 0.15) is 5.54 Å². The monoisotopic (exact) mass is 358 g/mol. The Hall–Kier alpha value is -1.30. The predicted molar refractivity (Wildman–Crippen MR) is 89.8 cm³/mol. The first-order valence-electron chi connectivity index (χ1n) is 7.38. The number of esters is 1. The van der Waals surface area contributed by atoms with Crippen molar-refractivity contribution in [2.45, 2.75) is 24.8 Å². The quantitative estimate of drug-likeness (QED) is 0.839. The van der Waals surface area contributed by atoms with E-state index in [9.17, 15) is 9.59 Å². The Morgan fingerprint density at radius 1 is 1.30 bits per heavy atom. The van der Waals surface area contributed by atoms with Gasteiger partial charge in [0.25, 0.3) is 0 Å². The molecular weight excluding hydrogens is 339 g/mol. The number of hydrogen-bond acceptors (Lipinski definition) is 4. The molecule has 1 amide bonds. The molecule has 1 aliphatic rings. The number of piperidine rings is 1. The highest BCUT2D eigenvalue weighted by Crippen LogP contribution is 2.25. The molecule has 0 bridgehead atoms. The van der Waals surface area contributed by atoms with Crippen molar-refractivity contribution >= 4 is 35.1 Å². The second kappa shape index (κ2) is 7.51. The van der Waals surface area contributed by atoms with Crippen LogP contribution in [-0.4, -0.2) is 49.6 Å². The first kappa shape index (κ1) is 18.0. The van der Waals surface area contributed by atoms with Gasteiger partial charge in [0, 0.05) is 23.1 Å². The summed E-state index contributed by atoms with van der Waals surface area (Å²) in [4.78, 5) is 26.7. The summed E-state index contributed by atoms with van der Waals surface area (Å²) in [5.41, 5.74) is -0.293. The van der Waals surface area contributed by atoms with Gasteiger partial charge in [-0.15, -0.1) is 0 Å². The van der Waals surface area contributed by atoms with Crippen molar-refractivity contribution in [3.05, 3.63) is 33.8 Å². The first-order valence-corrected chi connectivity index (χ1v) is 8.14. The predicted octanol–water partition coefficient (Wildman–Crippen LogP) is 2.29. The van der Waals surface area contributed by atoms with Crippen molar-refractivity contribution in [3.8, 4) is 0 Å². The fraction of sp³-hybridized carbons (Fsp3) is 0.500. The molecule has 0 radical (unpaired) electrons.